The minimum atomic E-state index is -0.316. The Balaban J connectivity index is 1.93. The van der Waals surface area contributed by atoms with E-state index in [2.05, 4.69) is 10.4 Å². The maximum atomic E-state index is 12.1. The predicted octanol–water partition coefficient (Wildman–Crippen LogP) is 1.35. The number of hydrogen-bond acceptors (Lipinski definition) is 5. The van der Waals surface area contributed by atoms with Crippen molar-refractivity contribution in [2.24, 2.45) is 7.05 Å². The number of rotatable bonds is 5. The summed E-state index contributed by atoms with van der Waals surface area (Å²) in [6.45, 7) is 2.19. The monoisotopic (exact) mass is 326 g/mol. The van der Waals surface area contributed by atoms with Crippen LogP contribution in [0.3, 0.4) is 0 Å². The second-order valence-corrected chi connectivity index (χ2v) is 5.46. The number of aryl methyl sites for hydroxylation is 2. The van der Waals surface area contributed by atoms with Crippen LogP contribution in [0.4, 0.5) is 0 Å². The molecule has 24 heavy (non-hydrogen) atoms. The van der Waals surface area contributed by atoms with Gasteiger partial charge in [0.2, 0.25) is 0 Å². The molecule has 0 amide bonds. The standard InChI is InChI=1S/C17H18N4O3/c1-12-5-3-8-16(21-17(23)20(2)18-19-21)15(12)11-24-14-7-4-6-13(9-14)10-22/h3-9,22H,10-11H2,1-2H3. The molecule has 7 heteroatoms. The maximum absolute atomic E-state index is 12.1. The van der Waals surface area contributed by atoms with E-state index in [1.165, 1.54) is 9.36 Å². The van der Waals surface area contributed by atoms with Crippen molar-refractivity contribution in [2.45, 2.75) is 20.1 Å². The maximum Gasteiger partial charge on any atom is 0.368 e. The summed E-state index contributed by atoms with van der Waals surface area (Å²) in [5.74, 6) is 0.655. The van der Waals surface area contributed by atoms with Gasteiger partial charge in [-0.15, -0.1) is 0 Å². The van der Waals surface area contributed by atoms with Crippen molar-refractivity contribution in [1.29, 1.82) is 0 Å². The molecule has 124 valence electrons. The second-order valence-electron chi connectivity index (χ2n) is 5.46. The molecule has 0 fully saturated rings. The van der Waals surface area contributed by atoms with Crippen molar-refractivity contribution >= 4 is 0 Å². The van der Waals surface area contributed by atoms with Gasteiger partial charge >= 0.3 is 5.69 Å². The third-order valence-corrected chi connectivity index (χ3v) is 3.80. The Labute approximate surface area is 138 Å². The van der Waals surface area contributed by atoms with Crippen LogP contribution in [-0.4, -0.2) is 24.9 Å². The predicted molar refractivity (Wildman–Crippen MR) is 88.0 cm³/mol. The van der Waals surface area contributed by atoms with Crippen LogP contribution in [0.5, 0.6) is 5.75 Å². The summed E-state index contributed by atoms with van der Waals surface area (Å²) in [5, 5.41) is 16.9. The summed E-state index contributed by atoms with van der Waals surface area (Å²) in [4.78, 5) is 12.1. The lowest BCUT2D eigenvalue weighted by Gasteiger charge is -2.13. The Kier molecular flexibility index (Phi) is 4.43. The number of nitrogens with zero attached hydrogens (tertiary/aromatic N) is 4. The SMILES string of the molecule is Cc1cccc(-n2nnn(C)c2=O)c1COc1cccc(CO)c1. The van der Waals surface area contributed by atoms with E-state index in [0.29, 0.717) is 11.4 Å². The molecule has 0 aliphatic carbocycles. The molecule has 0 aliphatic rings. The first kappa shape index (κ1) is 15.9. The molecule has 1 N–H and O–H groups in total. The molecule has 1 heterocycles. The Morgan fingerprint density at radius 3 is 2.67 bits per heavy atom. The minimum absolute atomic E-state index is 0.0399. The molecule has 0 saturated heterocycles. The number of tetrazole rings is 1. The fourth-order valence-corrected chi connectivity index (χ4v) is 2.43. The quantitative estimate of drug-likeness (QED) is 0.765. The van der Waals surface area contributed by atoms with Gasteiger partial charge in [0.1, 0.15) is 12.4 Å². The van der Waals surface area contributed by atoms with Crippen LogP contribution in [0.15, 0.2) is 47.3 Å². The molecule has 2 aromatic carbocycles. The third-order valence-electron chi connectivity index (χ3n) is 3.80. The number of aliphatic hydroxyl groups excluding tert-OH is 1. The van der Waals surface area contributed by atoms with Crippen molar-refractivity contribution in [3.63, 3.8) is 0 Å². The normalized spacial score (nSPS) is 10.8. The molecule has 0 bridgehead atoms. The molecular formula is C17H18N4O3. The Bertz CT molecular complexity index is 914. The zero-order valence-corrected chi connectivity index (χ0v) is 13.5. The highest BCUT2D eigenvalue weighted by atomic mass is 16.5. The summed E-state index contributed by atoms with van der Waals surface area (Å²) < 4.78 is 8.28. The number of benzene rings is 2. The summed E-state index contributed by atoms with van der Waals surface area (Å²) >= 11 is 0. The summed E-state index contributed by atoms with van der Waals surface area (Å²) in [7, 11) is 1.55. The molecule has 3 rings (SSSR count). The van der Waals surface area contributed by atoms with Crippen molar-refractivity contribution < 1.29 is 9.84 Å². The van der Waals surface area contributed by atoms with E-state index >= 15 is 0 Å². The first-order valence-electron chi connectivity index (χ1n) is 7.50. The lowest BCUT2D eigenvalue weighted by Crippen LogP contribution is -2.23. The van der Waals surface area contributed by atoms with Crippen molar-refractivity contribution in [2.75, 3.05) is 0 Å². The van der Waals surface area contributed by atoms with Gasteiger partial charge in [0.15, 0.2) is 0 Å². The first-order valence-corrected chi connectivity index (χ1v) is 7.50. The molecule has 0 spiro atoms. The molecule has 3 aromatic rings. The molecule has 0 radical (unpaired) electrons. The molecule has 0 unspecified atom stereocenters. The van der Waals surface area contributed by atoms with E-state index in [9.17, 15) is 9.90 Å². The van der Waals surface area contributed by atoms with Crippen LogP contribution in [0, 0.1) is 6.92 Å². The van der Waals surface area contributed by atoms with Gasteiger partial charge < -0.3 is 9.84 Å². The smallest absolute Gasteiger partial charge is 0.368 e. The highest BCUT2D eigenvalue weighted by molar-refractivity contribution is 5.44. The molecule has 0 aliphatic heterocycles. The number of aliphatic hydroxyl groups is 1. The molecular weight excluding hydrogens is 308 g/mol. The van der Waals surface area contributed by atoms with Crippen LogP contribution >= 0.6 is 0 Å². The van der Waals surface area contributed by atoms with Crippen molar-refractivity contribution in [1.82, 2.24) is 19.8 Å². The van der Waals surface area contributed by atoms with Crippen molar-refractivity contribution in [3.8, 4) is 11.4 Å². The lowest BCUT2D eigenvalue weighted by molar-refractivity contribution is 0.278. The topological polar surface area (TPSA) is 82.2 Å². The molecule has 1 aromatic heterocycles. The third kappa shape index (κ3) is 3.07. The van der Waals surface area contributed by atoms with E-state index in [4.69, 9.17) is 4.74 Å². The fraction of sp³-hybridized carbons (Fsp3) is 0.235. The Morgan fingerprint density at radius 2 is 1.96 bits per heavy atom. The summed E-state index contributed by atoms with van der Waals surface area (Å²) in [5.41, 5.74) is 2.95. The van der Waals surface area contributed by atoms with Gasteiger partial charge in [-0.3, -0.25) is 0 Å². The fourth-order valence-electron chi connectivity index (χ4n) is 2.43. The summed E-state index contributed by atoms with van der Waals surface area (Å²) in [6, 6.07) is 12.9. The molecule has 0 saturated carbocycles. The Hall–Kier alpha value is -2.93. The van der Waals surface area contributed by atoms with Gasteiger partial charge in [0.05, 0.1) is 12.3 Å². The van der Waals surface area contributed by atoms with E-state index in [-0.39, 0.29) is 18.9 Å². The van der Waals surface area contributed by atoms with Crippen LogP contribution in [0.25, 0.3) is 5.69 Å². The average molecular weight is 326 g/mol. The van der Waals surface area contributed by atoms with Gasteiger partial charge in [-0.05, 0) is 46.7 Å². The van der Waals surface area contributed by atoms with Crippen LogP contribution in [0.1, 0.15) is 16.7 Å². The molecule has 0 atom stereocenters. The van der Waals surface area contributed by atoms with Crippen LogP contribution in [0.2, 0.25) is 0 Å². The minimum Gasteiger partial charge on any atom is -0.489 e. The zero-order chi connectivity index (χ0) is 17.1. The van der Waals surface area contributed by atoms with Crippen molar-refractivity contribution in [3.05, 3.63) is 69.6 Å². The number of aromatic nitrogens is 4. The summed E-state index contributed by atoms with van der Waals surface area (Å²) in [6.07, 6.45) is 0. The van der Waals surface area contributed by atoms with E-state index in [1.807, 2.05) is 43.3 Å². The van der Waals surface area contributed by atoms with Gasteiger partial charge in [0, 0.05) is 12.6 Å². The number of ether oxygens (including phenoxy) is 1. The van der Waals surface area contributed by atoms with Gasteiger partial charge in [-0.25, -0.2) is 4.79 Å². The lowest BCUT2D eigenvalue weighted by atomic mass is 10.1. The molecule has 7 nitrogen and oxygen atoms in total. The highest BCUT2D eigenvalue weighted by Gasteiger charge is 2.13. The Morgan fingerprint density at radius 1 is 1.17 bits per heavy atom. The number of hydrogen-bond donors (Lipinski definition) is 1. The second kappa shape index (κ2) is 6.67. The van der Waals surface area contributed by atoms with E-state index in [0.717, 1.165) is 16.7 Å². The zero-order valence-electron chi connectivity index (χ0n) is 13.5. The van der Waals surface area contributed by atoms with Crippen LogP contribution in [-0.2, 0) is 20.3 Å². The largest absolute Gasteiger partial charge is 0.489 e. The van der Waals surface area contributed by atoms with Crippen LogP contribution < -0.4 is 10.4 Å². The average Bonchev–Trinajstić information content (AvgIpc) is 2.93. The highest BCUT2D eigenvalue weighted by Crippen LogP contribution is 2.20. The van der Waals surface area contributed by atoms with Gasteiger partial charge in [0.25, 0.3) is 0 Å². The van der Waals surface area contributed by atoms with E-state index in [1.54, 1.807) is 13.1 Å². The van der Waals surface area contributed by atoms with Gasteiger partial charge in [-0.2, -0.15) is 9.36 Å². The first-order chi connectivity index (χ1) is 11.6. The van der Waals surface area contributed by atoms with E-state index < -0.39 is 0 Å². The van der Waals surface area contributed by atoms with Gasteiger partial charge in [-0.1, -0.05) is 24.3 Å².